The van der Waals surface area contributed by atoms with Gasteiger partial charge in [0.1, 0.15) is 17.2 Å². The lowest BCUT2D eigenvalue weighted by Gasteiger charge is -2.21. The minimum absolute atomic E-state index is 0.0410. The van der Waals surface area contributed by atoms with Crippen molar-refractivity contribution in [2.24, 2.45) is 0 Å². The first kappa shape index (κ1) is 15.1. The average molecular weight is 292 g/mol. The van der Waals surface area contributed by atoms with Crippen LogP contribution in [0.15, 0.2) is 41.0 Å². The number of carbonyl (C=O) groups is 1. The molecule has 0 fully saturated rings. The van der Waals surface area contributed by atoms with E-state index in [4.69, 9.17) is 4.42 Å². The fraction of sp³-hybridized carbons (Fsp3) is 0.267. The number of furan rings is 1. The highest BCUT2D eigenvalue weighted by atomic mass is 19.1. The van der Waals surface area contributed by atoms with Gasteiger partial charge in [-0.05, 0) is 43.7 Å². The van der Waals surface area contributed by atoms with Crippen LogP contribution >= 0.6 is 0 Å². The summed E-state index contributed by atoms with van der Waals surface area (Å²) in [4.78, 5) is 11.8. The van der Waals surface area contributed by atoms with E-state index in [-0.39, 0.29) is 6.54 Å². The van der Waals surface area contributed by atoms with E-state index in [1.165, 1.54) is 25.3 Å². The number of rotatable bonds is 4. The number of aryl methyl sites for hydroxylation is 1. The molecule has 0 saturated heterocycles. The van der Waals surface area contributed by atoms with Gasteiger partial charge >= 0.3 is 6.03 Å². The fourth-order valence-corrected chi connectivity index (χ4v) is 1.82. The van der Waals surface area contributed by atoms with Gasteiger partial charge in [-0.15, -0.1) is 0 Å². The number of anilines is 1. The van der Waals surface area contributed by atoms with Crippen molar-refractivity contribution in [2.75, 3.05) is 11.9 Å². The molecule has 2 aromatic rings. The van der Waals surface area contributed by atoms with Crippen molar-refractivity contribution < 1.29 is 18.7 Å². The minimum Gasteiger partial charge on any atom is -0.466 e. The Morgan fingerprint density at radius 2 is 2.19 bits per heavy atom. The van der Waals surface area contributed by atoms with Crippen molar-refractivity contribution in [1.29, 1.82) is 0 Å². The van der Waals surface area contributed by atoms with E-state index in [1.54, 1.807) is 25.1 Å². The maximum absolute atomic E-state index is 13.1. The maximum Gasteiger partial charge on any atom is 0.319 e. The predicted molar refractivity (Wildman–Crippen MR) is 76.4 cm³/mol. The van der Waals surface area contributed by atoms with Gasteiger partial charge in [0.15, 0.2) is 0 Å². The van der Waals surface area contributed by atoms with Crippen LogP contribution in [0.25, 0.3) is 0 Å². The molecule has 1 heterocycles. The lowest BCUT2D eigenvalue weighted by Crippen LogP contribution is -2.40. The summed E-state index contributed by atoms with van der Waals surface area (Å²) in [7, 11) is 0. The van der Waals surface area contributed by atoms with Crippen LogP contribution in [-0.2, 0) is 5.60 Å². The quantitative estimate of drug-likeness (QED) is 0.811. The van der Waals surface area contributed by atoms with Gasteiger partial charge < -0.3 is 20.2 Å². The van der Waals surface area contributed by atoms with Gasteiger partial charge in [-0.2, -0.15) is 0 Å². The fourth-order valence-electron chi connectivity index (χ4n) is 1.82. The van der Waals surface area contributed by atoms with Crippen LogP contribution in [0.4, 0.5) is 14.9 Å². The summed E-state index contributed by atoms with van der Waals surface area (Å²) in [5, 5.41) is 15.3. The Bertz CT molecular complexity index is 624. The summed E-state index contributed by atoms with van der Waals surface area (Å²) in [5.41, 5.74) is -0.202. The standard InChI is InChI=1S/C15H17FN2O3/c1-10-5-6-11(16)8-12(10)18-14(19)17-9-15(2,20)13-4-3-7-21-13/h3-8,20H,9H2,1-2H3,(H2,17,18,19). The lowest BCUT2D eigenvalue weighted by atomic mass is 10.0. The van der Waals surface area contributed by atoms with Gasteiger partial charge in [-0.3, -0.25) is 0 Å². The molecule has 1 aromatic heterocycles. The number of halogens is 1. The summed E-state index contributed by atoms with van der Waals surface area (Å²) >= 11 is 0. The molecule has 1 unspecified atom stereocenters. The largest absolute Gasteiger partial charge is 0.466 e. The number of hydrogen-bond acceptors (Lipinski definition) is 3. The molecule has 1 atom stereocenters. The number of urea groups is 1. The molecule has 3 N–H and O–H groups in total. The van der Waals surface area contributed by atoms with Crippen molar-refractivity contribution in [2.45, 2.75) is 19.4 Å². The number of carbonyl (C=O) groups excluding carboxylic acids is 1. The molecule has 5 nitrogen and oxygen atoms in total. The van der Waals surface area contributed by atoms with Gasteiger partial charge in [0.05, 0.1) is 12.8 Å². The van der Waals surface area contributed by atoms with Crippen LogP contribution in [0, 0.1) is 12.7 Å². The second-order valence-corrected chi connectivity index (χ2v) is 5.02. The summed E-state index contributed by atoms with van der Waals surface area (Å²) in [6.45, 7) is 3.24. The van der Waals surface area contributed by atoms with E-state index in [0.29, 0.717) is 11.4 Å². The summed E-state index contributed by atoms with van der Waals surface area (Å²) in [5.74, 6) is -0.0804. The van der Waals surface area contributed by atoms with E-state index in [1.807, 2.05) is 0 Å². The van der Waals surface area contributed by atoms with Crippen LogP contribution in [-0.4, -0.2) is 17.7 Å². The highest BCUT2D eigenvalue weighted by Crippen LogP contribution is 2.20. The van der Waals surface area contributed by atoms with Crippen LogP contribution < -0.4 is 10.6 Å². The Hall–Kier alpha value is -2.34. The maximum atomic E-state index is 13.1. The number of benzene rings is 1. The normalized spacial score (nSPS) is 13.5. The zero-order valence-electron chi connectivity index (χ0n) is 11.8. The molecule has 0 bridgehead atoms. The van der Waals surface area contributed by atoms with E-state index in [9.17, 15) is 14.3 Å². The molecule has 2 amide bonds. The molecule has 1 aromatic carbocycles. The first-order valence-electron chi connectivity index (χ1n) is 6.46. The van der Waals surface area contributed by atoms with E-state index in [0.717, 1.165) is 5.56 Å². The van der Waals surface area contributed by atoms with E-state index < -0.39 is 17.4 Å². The van der Waals surface area contributed by atoms with E-state index in [2.05, 4.69) is 10.6 Å². The van der Waals surface area contributed by atoms with Gasteiger partial charge in [0.2, 0.25) is 0 Å². The summed E-state index contributed by atoms with van der Waals surface area (Å²) in [6.07, 6.45) is 1.44. The minimum atomic E-state index is -1.32. The molecule has 112 valence electrons. The highest BCUT2D eigenvalue weighted by Gasteiger charge is 2.26. The zero-order chi connectivity index (χ0) is 15.5. The Kier molecular flexibility index (Phi) is 4.28. The Morgan fingerprint density at radius 3 is 2.86 bits per heavy atom. The molecular formula is C15H17FN2O3. The Labute approximate surface area is 121 Å². The van der Waals surface area contributed by atoms with Gasteiger partial charge in [0, 0.05) is 5.69 Å². The highest BCUT2D eigenvalue weighted by molar-refractivity contribution is 5.90. The monoisotopic (exact) mass is 292 g/mol. The first-order valence-corrected chi connectivity index (χ1v) is 6.46. The first-order chi connectivity index (χ1) is 9.88. The van der Waals surface area contributed by atoms with Crippen LogP contribution in [0.5, 0.6) is 0 Å². The molecule has 0 radical (unpaired) electrons. The molecule has 2 rings (SSSR count). The van der Waals surface area contributed by atoms with Gasteiger partial charge in [-0.1, -0.05) is 6.07 Å². The molecule has 0 aliphatic carbocycles. The third-order valence-corrected chi connectivity index (χ3v) is 3.09. The molecule has 0 aliphatic rings. The van der Waals surface area contributed by atoms with Crippen LogP contribution in [0.1, 0.15) is 18.2 Å². The number of nitrogens with one attached hydrogen (secondary N) is 2. The molecule has 0 spiro atoms. The van der Waals surface area contributed by atoms with Crippen molar-refractivity contribution in [1.82, 2.24) is 5.32 Å². The van der Waals surface area contributed by atoms with Gasteiger partial charge in [0.25, 0.3) is 0 Å². The number of aliphatic hydroxyl groups is 1. The lowest BCUT2D eigenvalue weighted by molar-refractivity contribution is 0.0372. The third-order valence-electron chi connectivity index (χ3n) is 3.09. The second kappa shape index (κ2) is 5.97. The average Bonchev–Trinajstić information content (AvgIpc) is 2.96. The van der Waals surface area contributed by atoms with Crippen molar-refractivity contribution in [3.05, 3.63) is 53.7 Å². The molecule has 6 heteroatoms. The van der Waals surface area contributed by atoms with Crippen LogP contribution in [0.3, 0.4) is 0 Å². The molecule has 0 saturated carbocycles. The Morgan fingerprint density at radius 1 is 1.43 bits per heavy atom. The van der Waals surface area contributed by atoms with Crippen molar-refractivity contribution >= 4 is 11.7 Å². The number of hydrogen-bond donors (Lipinski definition) is 3. The smallest absolute Gasteiger partial charge is 0.319 e. The third kappa shape index (κ3) is 3.82. The summed E-state index contributed by atoms with van der Waals surface area (Å²) < 4.78 is 18.2. The Balaban J connectivity index is 1.95. The summed E-state index contributed by atoms with van der Waals surface area (Å²) in [6, 6.07) is 6.87. The zero-order valence-corrected chi connectivity index (χ0v) is 11.8. The van der Waals surface area contributed by atoms with Crippen molar-refractivity contribution in [3.63, 3.8) is 0 Å². The van der Waals surface area contributed by atoms with Crippen molar-refractivity contribution in [3.8, 4) is 0 Å². The van der Waals surface area contributed by atoms with E-state index >= 15 is 0 Å². The predicted octanol–water partition coefficient (Wildman–Crippen LogP) is 2.76. The molecular weight excluding hydrogens is 275 g/mol. The SMILES string of the molecule is Cc1ccc(F)cc1NC(=O)NCC(C)(O)c1ccco1. The molecule has 21 heavy (non-hydrogen) atoms. The second-order valence-electron chi connectivity index (χ2n) is 5.02. The molecule has 0 aliphatic heterocycles. The topological polar surface area (TPSA) is 74.5 Å². The van der Waals surface area contributed by atoms with Crippen LogP contribution in [0.2, 0.25) is 0 Å². The number of amides is 2. The van der Waals surface area contributed by atoms with Gasteiger partial charge in [-0.25, -0.2) is 9.18 Å².